The van der Waals surface area contributed by atoms with E-state index in [1.165, 1.54) is 5.52 Å². The zero-order chi connectivity index (χ0) is 19.0. The topological polar surface area (TPSA) is 51.3 Å². The van der Waals surface area contributed by atoms with Crippen LogP contribution in [0.15, 0.2) is 59.7 Å². The van der Waals surface area contributed by atoms with Crippen molar-refractivity contribution in [2.75, 3.05) is 0 Å². The average Bonchev–Trinajstić information content (AvgIpc) is 3.16. The van der Waals surface area contributed by atoms with Crippen molar-refractivity contribution in [1.29, 1.82) is 0 Å². The fourth-order valence-electron chi connectivity index (χ4n) is 3.75. The number of hydrogen-bond acceptors (Lipinski definition) is 2. The van der Waals surface area contributed by atoms with Crippen LogP contribution in [0, 0.1) is 6.92 Å². The lowest BCUT2D eigenvalue weighted by Gasteiger charge is -2.03. The maximum atomic E-state index is 12.6. The second-order valence-electron chi connectivity index (χ2n) is 6.61. The summed E-state index contributed by atoms with van der Waals surface area (Å²) >= 11 is 0. The van der Waals surface area contributed by atoms with Gasteiger partial charge >= 0.3 is 0 Å². The second kappa shape index (κ2) is 6.76. The fraction of sp³-hybridized carbons (Fsp3) is 0.182. The number of aromatic nitrogens is 2. The van der Waals surface area contributed by atoms with Crippen molar-refractivity contribution in [3.05, 3.63) is 71.5 Å². The lowest BCUT2D eigenvalue weighted by molar-refractivity contribution is 0.0947. The highest BCUT2D eigenvalue weighted by Crippen LogP contribution is 2.24. The normalized spacial score (nSPS) is 11.7. The molecule has 2 heterocycles. The Morgan fingerprint density at radius 3 is 2.56 bits per heavy atom. The molecule has 0 aliphatic heterocycles. The van der Waals surface area contributed by atoms with Crippen LogP contribution < -0.4 is 5.43 Å². The number of aryl methyl sites for hydroxylation is 2. The summed E-state index contributed by atoms with van der Waals surface area (Å²) < 4.78 is 4.14. The van der Waals surface area contributed by atoms with E-state index >= 15 is 0 Å². The molecule has 0 saturated heterocycles. The number of carbonyl (C=O) groups is 1. The quantitative estimate of drug-likeness (QED) is 0.431. The number of amides is 1. The first-order valence-electron chi connectivity index (χ1n) is 9.07. The standard InChI is InChI=1S/C22H22N4O/c1-4-26-15(2)18(17-10-6-8-12-20(17)26)14-23-24-22(27)21-13-16-9-5-7-11-19(16)25(21)3/h5-14H,4H2,1-3H3,(H,24,27)/b23-14+. The van der Waals surface area contributed by atoms with Crippen LogP contribution in [-0.2, 0) is 13.6 Å². The van der Waals surface area contributed by atoms with Crippen molar-refractivity contribution in [1.82, 2.24) is 14.6 Å². The number of hydrogen-bond donors (Lipinski definition) is 1. The molecule has 0 aliphatic carbocycles. The zero-order valence-electron chi connectivity index (χ0n) is 15.7. The van der Waals surface area contributed by atoms with Gasteiger partial charge in [0.25, 0.3) is 5.91 Å². The number of nitrogens with one attached hydrogen (secondary N) is 1. The van der Waals surface area contributed by atoms with Gasteiger partial charge in [0.15, 0.2) is 0 Å². The van der Waals surface area contributed by atoms with Crippen molar-refractivity contribution in [2.45, 2.75) is 20.4 Å². The minimum atomic E-state index is -0.221. The Bertz CT molecular complexity index is 1180. The Labute approximate surface area is 157 Å². The van der Waals surface area contributed by atoms with Gasteiger partial charge in [-0.25, -0.2) is 5.43 Å². The van der Waals surface area contributed by atoms with Crippen LogP contribution in [0.25, 0.3) is 21.8 Å². The van der Waals surface area contributed by atoms with E-state index in [-0.39, 0.29) is 5.91 Å². The van der Waals surface area contributed by atoms with E-state index in [9.17, 15) is 4.79 Å². The number of para-hydroxylation sites is 2. The van der Waals surface area contributed by atoms with Crippen molar-refractivity contribution in [3.63, 3.8) is 0 Å². The lowest BCUT2D eigenvalue weighted by atomic mass is 10.1. The molecule has 5 heteroatoms. The van der Waals surface area contributed by atoms with Gasteiger partial charge in [-0.2, -0.15) is 5.10 Å². The van der Waals surface area contributed by atoms with Gasteiger partial charge in [0.2, 0.25) is 0 Å². The molecule has 0 spiro atoms. The summed E-state index contributed by atoms with van der Waals surface area (Å²) in [5.74, 6) is -0.221. The monoisotopic (exact) mass is 358 g/mol. The van der Waals surface area contributed by atoms with Gasteiger partial charge in [-0.15, -0.1) is 0 Å². The number of carbonyl (C=O) groups excluding carboxylic acids is 1. The molecule has 1 N–H and O–H groups in total. The third-order valence-corrected chi connectivity index (χ3v) is 5.14. The molecular weight excluding hydrogens is 336 g/mol. The van der Waals surface area contributed by atoms with Crippen molar-refractivity contribution in [3.8, 4) is 0 Å². The molecule has 1 amide bonds. The van der Waals surface area contributed by atoms with Crippen LogP contribution in [0.2, 0.25) is 0 Å². The van der Waals surface area contributed by atoms with E-state index in [1.807, 2.05) is 54.1 Å². The maximum Gasteiger partial charge on any atom is 0.287 e. The van der Waals surface area contributed by atoms with Crippen LogP contribution >= 0.6 is 0 Å². The molecule has 0 fully saturated rings. The summed E-state index contributed by atoms with van der Waals surface area (Å²) in [5.41, 5.74) is 7.63. The van der Waals surface area contributed by atoms with E-state index in [1.54, 1.807) is 6.21 Å². The maximum absolute atomic E-state index is 12.6. The first kappa shape index (κ1) is 17.1. The SMILES string of the molecule is CCn1c(C)c(/C=N/NC(=O)c2cc3ccccc3n2C)c2ccccc21. The highest BCUT2D eigenvalue weighted by atomic mass is 16.2. The number of rotatable bonds is 4. The first-order chi connectivity index (χ1) is 13.1. The first-order valence-corrected chi connectivity index (χ1v) is 9.07. The molecule has 136 valence electrons. The minimum absolute atomic E-state index is 0.221. The minimum Gasteiger partial charge on any atom is -0.344 e. The predicted octanol–water partition coefficient (Wildman–Crippen LogP) is 4.23. The second-order valence-corrected chi connectivity index (χ2v) is 6.61. The number of nitrogens with zero attached hydrogens (tertiary/aromatic N) is 3. The highest BCUT2D eigenvalue weighted by Gasteiger charge is 2.13. The summed E-state index contributed by atoms with van der Waals surface area (Å²) in [6, 6.07) is 18.1. The van der Waals surface area contributed by atoms with Crippen molar-refractivity contribution in [2.24, 2.45) is 12.1 Å². The molecule has 2 aromatic heterocycles. The summed E-state index contributed by atoms with van der Waals surface area (Å²) in [7, 11) is 1.89. The Kier molecular flexibility index (Phi) is 4.28. The van der Waals surface area contributed by atoms with E-state index in [0.717, 1.165) is 34.1 Å². The lowest BCUT2D eigenvalue weighted by Crippen LogP contribution is -2.20. The van der Waals surface area contributed by atoms with Gasteiger partial charge in [0.05, 0.1) is 6.21 Å². The van der Waals surface area contributed by atoms with Crippen LogP contribution in [0.1, 0.15) is 28.7 Å². The molecule has 4 aromatic rings. The van der Waals surface area contributed by atoms with Gasteiger partial charge in [-0.05, 0) is 32.0 Å². The molecule has 0 bridgehead atoms. The van der Waals surface area contributed by atoms with Crippen LogP contribution in [0.3, 0.4) is 0 Å². The number of hydrazone groups is 1. The molecule has 0 saturated carbocycles. The van der Waals surface area contributed by atoms with Gasteiger partial charge in [-0.1, -0.05) is 36.4 Å². The molecule has 0 radical (unpaired) electrons. The number of fused-ring (bicyclic) bond motifs is 2. The summed E-state index contributed by atoms with van der Waals surface area (Å²) in [5, 5.41) is 6.41. The van der Waals surface area contributed by atoms with Crippen molar-refractivity contribution < 1.29 is 4.79 Å². The van der Waals surface area contributed by atoms with E-state index < -0.39 is 0 Å². The zero-order valence-corrected chi connectivity index (χ0v) is 15.7. The Hall–Kier alpha value is -3.34. The molecule has 0 atom stereocenters. The molecule has 4 rings (SSSR count). The molecule has 2 aromatic carbocycles. The Morgan fingerprint density at radius 1 is 1.11 bits per heavy atom. The molecule has 27 heavy (non-hydrogen) atoms. The molecule has 0 aliphatic rings. The van der Waals surface area contributed by atoms with Gasteiger partial charge in [0, 0.05) is 46.7 Å². The number of benzene rings is 2. The largest absolute Gasteiger partial charge is 0.344 e. The highest BCUT2D eigenvalue weighted by molar-refractivity contribution is 6.02. The van der Waals surface area contributed by atoms with Gasteiger partial charge in [0.1, 0.15) is 5.69 Å². The molecule has 5 nitrogen and oxygen atoms in total. The summed E-state index contributed by atoms with van der Waals surface area (Å²) in [6.45, 7) is 5.10. The fourth-order valence-corrected chi connectivity index (χ4v) is 3.75. The summed E-state index contributed by atoms with van der Waals surface area (Å²) in [4.78, 5) is 12.6. The smallest absolute Gasteiger partial charge is 0.287 e. The third kappa shape index (κ3) is 2.81. The van der Waals surface area contributed by atoms with E-state index in [4.69, 9.17) is 0 Å². The Morgan fingerprint density at radius 2 is 1.81 bits per heavy atom. The van der Waals surface area contributed by atoms with E-state index in [2.05, 4.69) is 41.1 Å². The van der Waals surface area contributed by atoms with Crippen molar-refractivity contribution >= 4 is 33.9 Å². The van der Waals surface area contributed by atoms with E-state index in [0.29, 0.717) is 5.69 Å². The van der Waals surface area contributed by atoms with Crippen LogP contribution in [0.5, 0.6) is 0 Å². The van der Waals surface area contributed by atoms with Gasteiger partial charge < -0.3 is 9.13 Å². The Balaban J connectivity index is 1.63. The predicted molar refractivity (Wildman–Crippen MR) is 110 cm³/mol. The van der Waals surface area contributed by atoms with Crippen LogP contribution in [-0.4, -0.2) is 21.3 Å². The van der Waals surface area contributed by atoms with Crippen LogP contribution in [0.4, 0.5) is 0 Å². The third-order valence-electron chi connectivity index (χ3n) is 5.14. The average molecular weight is 358 g/mol. The summed E-state index contributed by atoms with van der Waals surface area (Å²) in [6.07, 6.45) is 1.74. The molecule has 0 unspecified atom stereocenters. The van der Waals surface area contributed by atoms with Gasteiger partial charge in [-0.3, -0.25) is 4.79 Å². The molecular formula is C22H22N4O.